The van der Waals surface area contributed by atoms with Gasteiger partial charge in [0.05, 0.1) is 12.3 Å². The lowest BCUT2D eigenvalue weighted by atomic mass is 10.2. The first-order valence-corrected chi connectivity index (χ1v) is 11.6. The van der Waals surface area contributed by atoms with Gasteiger partial charge >= 0.3 is 0 Å². The molecule has 3 aromatic rings. The van der Waals surface area contributed by atoms with Crippen LogP contribution in [0.4, 0.5) is 14.5 Å². The topological polar surface area (TPSA) is 75.7 Å². The highest BCUT2D eigenvalue weighted by Gasteiger charge is 2.28. The number of hydrogen-bond donors (Lipinski definition) is 1. The van der Waals surface area contributed by atoms with Gasteiger partial charge in [-0.3, -0.25) is 9.10 Å². The number of carbonyl (C=O) groups is 1. The van der Waals surface area contributed by atoms with Crippen molar-refractivity contribution in [2.24, 2.45) is 0 Å². The number of sulfonamides is 1. The van der Waals surface area contributed by atoms with Crippen LogP contribution in [-0.4, -0.2) is 28.0 Å². The van der Waals surface area contributed by atoms with Gasteiger partial charge in [-0.1, -0.05) is 0 Å². The molecule has 0 aliphatic rings. The molecule has 1 aromatic heterocycles. The summed E-state index contributed by atoms with van der Waals surface area (Å²) in [7, 11) is -2.64. The largest absolute Gasteiger partial charge is 0.494 e. The summed E-state index contributed by atoms with van der Waals surface area (Å²) < 4.78 is 59.3. The van der Waals surface area contributed by atoms with E-state index in [2.05, 4.69) is 5.32 Å². The molecule has 0 fully saturated rings. The number of carbonyl (C=O) groups excluding carboxylic acids is 1. The van der Waals surface area contributed by atoms with Crippen LogP contribution in [0.25, 0.3) is 0 Å². The second-order valence-electron chi connectivity index (χ2n) is 6.47. The highest BCUT2D eigenvalue weighted by atomic mass is 32.2. The third-order valence-corrected chi connectivity index (χ3v) is 7.23. The van der Waals surface area contributed by atoms with E-state index in [1.54, 1.807) is 24.3 Å². The summed E-state index contributed by atoms with van der Waals surface area (Å²) in [5.74, 6) is -1.57. The van der Waals surface area contributed by atoms with E-state index in [0.717, 1.165) is 33.8 Å². The summed E-state index contributed by atoms with van der Waals surface area (Å²) in [4.78, 5) is 12.4. The lowest BCUT2D eigenvalue weighted by Crippen LogP contribution is -2.29. The van der Waals surface area contributed by atoms with Gasteiger partial charge in [0.1, 0.15) is 27.2 Å². The Kier molecular flexibility index (Phi) is 6.91. The number of amides is 1. The summed E-state index contributed by atoms with van der Waals surface area (Å²) in [6.07, 6.45) is 0. The molecule has 2 aromatic carbocycles. The van der Waals surface area contributed by atoms with Crippen LogP contribution >= 0.6 is 11.3 Å². The van der Waals surface area contributed by atoms with E-state index >= 15 is 0 Å². The van der Waals surface area contributed by atoms with Crippen LogP contribution in [-0.2, 0) is 16.6 Å². The van der Waals surface area contributed by atoms with Gasteiger partial charge in [0.2, 0.25) is 0 Å². The number of thiophene rings is 1. The highest BCUT2D eigenvalue weighted by Crippen LogP contribution is 2.29. The molecule has 10 heteroatoms. The predicted molar refractivity (Wildman–Crippen MR) is 115 cm³/mol. The number of ether oxygens (including phenoxy) is 1. The van der Waals surface area contributed by atoms with Crippen molar-refractivity contribution in [3.63, 3.8) is 0 Å². The fourth-order valence-corrected chi connectivity index (χ4v) is 5.36. The van der Waals surface area contributed by atoms with E-state index in [-0.39, 0.29) is 21.9 Å². The molecule has 0 spiro atoms. The third kappa shape index (κ3) is 5.20. The van der Waals surface area contributed by atoms with E-state index < -0.39 is 27.6 Å². The maximum atomic E-state index is 13.3. The zero-order valence-corrected chi connectivity index (χ0v) is 18.4. The number of halogens is 2. The molecule has 1 heterocycles. The lowest BCUT2D eigenvalue weighted by molar-refractivity contribution is 0.0952. The standard InChI is InChI=1S/C21H20F2N2O4S2/c1-3-29-18-6-4-17(5-7-18)25(2)31(27,28)19-8-9-30-20(19)21(26)24-13-14-10-15(22)12-16(23)11-14/h4-12H,3,13H2,1-2H3,(H,24,26). The van der Waals surface area contributed by atoms with Crippen molar-refractivity contribution in [1.82, 2.24) is 5.32 Å². The van der Waals surface area contributed by atoms with Gasteiger partial charge in [-0.05, 0) is 60.3 Å². The molecule has 0 radical (unpaired) electrons. The van der Waals surface area contributed by atoms with Crippen molar-refractivity contribution in [1.29, 1.82) is 0 Å². The van der Waals surface area contributed by atoms with E-state index in [4.69, 9.17) is 4.74 Å². The van der Waals surface area contributed by atoms with Crippen LogP contribution in [0.3, 0.4) is 0 Å². The minimum absolute atomic E-state index is 0.0188. The fraction of sp³-hybridized carbons (Fsp3) is 0.190. The second-order valence-corrected chi connectivity index (χ2v) is 9.33. The number of nitrogens with zero attached hydrogens (tertiary/aromatic N) is 1. The Morgan fingerprint density at radius 1 is 1.10 bits per heavy atom. The Labute approximate surface area is 183 Å². The van der Waals surface area contributed by atoms with Crippen LogP contribution < -0.4 is 14.4 Å². The van der Waals surface area contributed by atoms with Gasteiger partial charge in [0, 0.05) is 19.7 Å². The summed E-state index contributed by atoms with van der Waals surface area (Å²) in [6.45, 7) is 2.18. The van der Waals surface area contributed by atoms with Crippen molar-refractivity contribution in [2.45, 2.75) is 18.4 Å². The Morgan fingerprint density at radius 2 is 1.74 bits per heavy atom. The molecule has 0 aliphatic carbocycles. The van der Waals surface area contributed by atoms with Gasteiger partial charge in [-0.2, -0.15) is 0 Å². The zero-order valence-electron chi connectivity index (χ0n) is 16.8. The van der Waals surface area contributed by atoms with Crippen LogP contribution in [0.2, 0.25) is 0 Å². The van der Waals surface area contributed by atoms with Gasteiger partial charge in [0.25, 0.3) is 15.9 Å². The highest BCUT2D eigenvalue weighted by molar-refractivity contribution is 7.93. The average Bonchev–Trinajstić information content (AvgIpc) is 3.22. The molecule has 0 saturated heterocycles. The molecule has 1 N–H and O–H groups in total. The molecule has 3 rings (SSSR count). The minimum Gasteiger partial charge on any atom is -0.494 e. The maximum Gasteiger partial charge on any atom is 0.265 e. The van der Waals surface area contributed by atoms with Crippen LogP contribution in [0.1, 0.15) is 22.2 Å². The molecule has 6 nitrogen and oxygen atoms in total. The van der Waals surface area contributed by atoms with Gasteiger partial charge < -0.3 is 10.1 Å². The Morgan fingerprint density at radius 3 is 2.35 bits per heavy atom. The van der Waals surface area contributed by atoms with Crippen molar-refractivity contribution in [3.05, 3.63) is 76.0 Å². The lowest BCUT2D eigenvalue weighted by Gasteiger charge is -2.20. The molecule has 0 aliphatic heterocycles. The molecule has 0 atom stereocenters. The molecule has 0 saturated carbocycles. The van der Waals surface area contributed by atoms with Gasteiger partial charge in [-0.15, -0.1) is 11.3 Å². The van der Waals surface area contributed by atoms with E-state index in [1.807, 2.05) is 6.92 Å². The number of nitrogens with one attached hydrogen (secondary N) is 1. The number of hydrogen-bond acceptors (Lipinski definition) is 5. The van der Waals surface area contributed by atoms with Crippen LogP contribution in [0.15, 0.2) is 58.8 Å². The first-order chi connectivity index (χ1) is 14.7. The van der Waals surface area contributed by atoms with Gasteiger partial charge in [0.15, 0.2) is 0 Å². The summed E-state index contributed by atoms with van der Waals surface area (Å²) >= 11 is 0.962. The Bertz CT molecular complexity index is 1160. The third-order valence-electron chi connectivity index (χ3n) is 4.36. The summed E-state index contributed by atoms with van der Waals surface area (Å²) in [5, 5.41) is 4.00. The SMILES string of the molecule is CCOc1ccc(N(C)S(=O)(=O)c2ccsc2C(=O)NCc2cc(F)cc(F)c2)cc1. The first-order valence-electron chi connectivity index (χ1n) is 9.25. The molecule has 1 amide bonds. The number of benzene rings is 2. The molecule has 31 heavy (non-hydrogen) atoms. The van der Waals surface area contributed by atoms with Crippen molar-refractivity contribution in [3.8, 4) is 5.75 Å². The second kappa shape index (κ2) is 9.44. The molecular weight excluding hydrogens is 446 g/mol. The van der Waals surface area contributed by atoms with Gasteiger partial charge in [-0.25, -0.2) is 17.2 Å². The first kappa shape index (κ1) is 22.7. The molecule has 0 unspecified atom stereocenters. The van der Waals surface area contributed by atoms with Crippen molar-refractivity contribution in [2.75, 3.05) is 18.0 Å². The smallest absolute Gasteiger partial charge is 0.265 e. The van der Waals surface area contributed by atoms with Crippen LogP contribution in [0, 0.1) is 11.6 Å². The summed E-state index contributed by atoms with van der Waals surface area (Å²) in [6, 6.07) is 10.8. The van der Waals surface area contributed by atoms with E-state index in [1.165, 1.54) is 18.5 Å². The molecular formula is C21H20F2N2O4S2. The summed E-state index contributed by atoms with van der Waals surface area (Å²) in [5.41, 5.74) is 0.620. The Hall–Kier alpha value is -2.98. The van der Waals surface area contributed by atoms with Crippen molar-refractivity contribution < 1.29 is 26.7 Å². The maximum absolute atomic E-state index is 13.3. The minimum atomic E-state index is -4.02. The number of rotatable bonds is 8. The molecule has 164 valence electrons. The number of anilines is 1. The van der Waals surface area contributed by atoms with Crippen molar-refractivity contribution >= 4 is 33.0 Å². The van der Waals surface area contributed by atoms with E-state index in [0.29, 0.717) is 18.0 Å². The quantitative estimate of drug-likeness (QED) is 0.541. The normalized spacial score (nSPS) is 11.2. The Balaban J connectivity index is 1.79. The fourth-order valence-electron chi connectivity index (χ4n) is 2.85. The molecule has 0 bridgehead atoms. The zero-order chi connectivity index (χ0) is 22.6. The monoisotopic (exact) mass is 466 g/mol. The van der Waals surface area contributed by atoms with E-state index in [9.17, 15) is 22.0 Å². The van der Waals surface area contributed by atoms with Crippen LogP contribution in [0.5, 0.6) is 5.75 Å². The predicted octanol–water partition coefficient (Wildman–Crippen LogP) is 4.18. The average molecular weight is 467 g/mol.